The number of aliphatic carboxylic acids is 2. The van der Waals surface area contributed by atoms with E-state index in [0.717, 1.165) is 6.42 Å². The fourth-order valence-electron chi connectivity index (χ4n) is 1.30. The van der Waals surface area contributed by atoms with Crippen LogP contribution in [0.3, 0.4) is 0 Å². The topological polar surface area (TPSA) is 93.1 Å². The Morgan fingerprint density at radius 1 is 1.25 bits per heavy atom. The molecule has 88 valence electrons. The molecule has 0 radical (unpaired) electrons. The van der Waals surface area contributed by atoms with E-state index in [4.69, 9.17) is 19.7 Å². The van der Waals surface area contributed by atoms with Gasteiger partial charge in [0.1, 0.15) is 0 Å². The second kappa shape index (κ2) is 7.05. The first-order chi connectivity index (χ1) is 7.03. The third kappa shape index (κ3) is 3.49. The van der Waals surface area contributed by atoms with E-state index in [0.29, 0.717) is 6.42 Å². The van der Waals surface area contributed by atoms with E-state index in [9.17, 15) is 9.59 Å². The summed E-state index contributed by atoms with van der Waals surface area (Å²) < 4.78 is 10.1. The second-order valence-electron chi connectivity index (χ2n) is 3.53. The van der Waals surface area contributed by atoms with Crippen LogP contribution in [0.5, 0.6) is 0 Å². The fraction of sp³-hybridized carbons (Fsp3) is 0.778. The molecular weight excluding hydrogens is 243 g/mol. The Morgan fingerprint density at radius 3 is 2.00 bits per heavy atom. The van der Waals surface area contributed by atoms with Gasteiger partial charge >= 0.3 is 63.3 Å². The summed E-state index contributed by atoms with van der Waals surface area (Å²) in [6.45, 7) is 1.24. The maximum absolute atomic E-state index is 10.8. The molecule has 1 fully saturated rings. The number of hydrogen-bond acceptors (Lipinski definition) is 4. The summed E-state index contributed by atoms with van der Waals surface area (Å²) in [4.78, 5) is 21.7. The van der Waals surface area contributed by atoms with Crippen LogP contribution in [0.1, 0.15) is 19.8 Å². The monoisotopic (exact) mass is 258 g/mol. The van der Waals surface area contributed by atoms with Gasteiger partial charge in [-0.2, -0.15) is 0 Å². The van der Waals surface area contributed by atoms with Gasteiger partial charge in [0, 0.05) is 0 Å². The molecule has 0 aliphatic carbocycles. The molecule has 0 aromatic rings. The van der Waals surface area contributed by atoms with Crippen molar-refractivity contribution in [1.82, 2.24) is 0 Å². The first-order valence-corrected chi connectivity index (χ1v) is 4.73. The third-order valence-corrected chi connectivity index (χ3v) is 2.37. The first-order valence-electron chi connectivity index (χ1n) is 4.73. The van der Waals surface area contributed by atoms with E-state index in [1.54, 1.807) is 0 Å². The van der Waals surface area contributed by atoms with Crippen molar-refractivity contribution in [3.63, 3.8) is 0 Å². The van der Waals surface area contributed by atoms with Crippen molar-refractivity contribution in [2.24, 2.45) is 5.41 Å². The molecule has 0 aromatic heterocycles. The molecule has 1 aliphatic heterocycles. The average molecular weight is 258 g/mol. The van der Waals surface area contributed by atoms with Crippen molar-refractivity contribution in [3.8, 4) is 0 Å². The molecule has 0 spiro atoms. The molecule has 0 amide bonds. The standard InChI is InChI=1S/C9H14O6.K.H/c1-2-3-6-14-4-9(5-15-6,7(10)11)8(12)13;;/h6H,2-5H2,1H3,(H,10,11)(H,12,13);;. The Kier molecular flexibility index (Phi) is 7.27. The fourth-order valence-corrected chi connectivity index (χ4v) is 1.30. The Balaban J connectivity index is 0.00000225. The summed E-state index contributed by atoms with van der Waals surface area (Å²) in [5.41, 5.74) is -1.95. The number of carboxylic acids is 2. The molecule has 0 atom stereocenters. The van der Waals surface area contributed by atoms with Crippen molar-refractivity contribution in [1.29, 1.82) is 0 Å². The van der Waals surface area contributed by atoms with Gasteiger partial charge in [-0.3, -0.25) is 9.59 Å². The Hall–Kier alpha value is 0.496. The SMILES string of the molecule is CCCC1OCC(C(=O)O)(C(=O)O)CO1.[KH]. The average Bonchev–Trinajstić information content (AvgIpc) is 2.18. The van der Waals surface area contributed by atoms with Crippen LogP contribution in [0.2, 0.25) is 0 Å². The Morgan fingerprint density at radius 2 is 1.69 bits per heavy atom. The number of hydrogen-bond donors (Lipinski definition) is 2. The first kappa shape index (κ1) is 16.5. The van der Waals surface area contributed by atoms with Crippen LogP contribution in [0.4, 0.5) is 0 Å². The predicted molar refractivity (Wildman–Crippen MR) is 55.5 cm³/mol. The van der Waals surface area contributed by atoms with Gasteiger partial charge in [-0.25, -0.2) is 0 Å². The van der Waals surface area contributed by atoms with Crippen molar-refractivity contribution in [2.75, 3.05) is 13.2 Å². The van der Waals surface area contributed by atoms with Gasteiger partial charge in [0.2, 0.25) is 5.41 Å². The van der Waals surface area contributed by atoms with Gasteiger partial charge in [-0.05, 0) is 6.42 Å². The normalized spacial score (nSPS) is 19.8. The van der Waals surface area contributed by atoms with Crippen LogP contribution in [-0.2, 0) is 19.1 Å². The number of carboxylic acid groups (broad SMARTS) is 2. The molecule has 6 nitrogen and oxygen atoms in total. The second-order valence-corrected chi connectivity index (χ2v) is 3.53. The quantitative estimate of drug-likeness (QED) is 0.529. The molecule has 7 heteroatoms. The Labute approximate surface area is 136 Å². The van der Waals surface area contributed by atoms with Crippen LogP contribution in [0.15, 0.2) is 0 Å². The summed E-state index contributed by atoms with van der Waals surface area (Å²) in [5.74, 6) is -2.85. The van der Waals surface area contributed by atoms with E-state index in [1.807, 2.05) is 6.92 Å². The van der Waals surface area contributed by atoms with Crippen molar-refractivity contribution >= 4 is 63.3 Å². The van der Waals surface area contributed by atoms with Crippen LogP contribution in [0, 0.1) is 5.41 Å². The summed E-state index contributed by atoms with van der Waals surface area (Å²) in [7, 11) is 0. The third-order valence-electron chi connectivity index (χ3n) is 2.37. The zero-order valence-electron chi connectivity index (χ0n) is 8.43. The Bertz CT molecular complexity index is 243. The maximum atomic E-state index is 10.8. The van der Waals surface area contributed by atoms with Gasteiger partial charge < -0.3 is 19.7 Å². The summed E-state index contributed by atoms with van der Waals surface area (Å²) >= 11 is 0. The van der Waals surface area contributed by atoms with Crippen molar-refractivity contribution in [3.05, 3.63) is 0 Å². The van der Waals surface area contributed by atoms with E-state index in [2.05, 4.69) is 0 Å². The summed E-state index contributed by atoms with van der Waals surface area (Å²) in [6.07, 6.45) is 0.981. The predicted octanol–water partition coefficient (Wildman–Crippen LogP) is -0.334. The number of ether oxygens (including phenoxy) is 2. The molecule has 1 aliphatic rings. The minimum atomic E-state index is -1.95. The molecule has 1 rings (SSSR count). The van der Waals surface area contributed by atoms with Crippen LogP contribution >= 0.6 is 0 Å². The summed E-state index contributed by atoms with van der Waals surface area (Å²) in [5, 5.41) is 17.7. The van der Waals surface area contributed by atoms with E-state index < -0.39 is 23.6 Å². The molecule has 0 saturated carbocycles. The van der Waals surface area contributed by atoms with E-state index >= 15 is 0 Å². The van der Waals surface area contributed by atoms with Gasteiger partial charge in [-0.15, -0.1) is 0 Å². The van der Waals surface area contributed by atoms with Gasteiger partial charge in [0.15, 0.2) is 6.29 Å². The van der Waals surface area contributed by atoms with Gasteiger partial charge in [0.05, 0.1) is 13.2 Å². The van der Waals surface area contributed by atoms with Crippen LogP contribution < -0.4 is 0 Å². The van der Waals surface area contributed by atoms with Crippen molar-refractivity contribution < 1.29 is 29.3 Å². The van der Waals surface area contributed by atoms with Gasteiger partial charge in [0.25, 0.3) is 0 Å². The van der Waals surface area contributed by atoms with E-state index in [-0.39, 0.29) is 64.6 Å². The number of carbonyl (C=O) groups is 2. The minimum absolute atomic E-state index is 0. The molecular formula is C9H15KO6. The molecule has 0 unspecified atom stereocenters. The molecule has 1 heterocycles. The molecule has 0 bridgehead atoms. The van der Waals surface area contributed by atoms with Gasteiger partial charge in [-0.1, -0.05) is 13.3 Å². The summed E-state index contributed by atoms with van der Waals surface area (Å²) in [6, 6.07) is 0. The van der Waals surface area contributed by atoms with Crippen LogP contribution in [0.25, 0.3) is 0 Å². The zero-order valence-corrected chi connectivity index (χ0v) is 8.43. The van der Waals surface area contributed by atoms with Crippen LogP contribution in [-0.4, -0.2) is 93.0 Å². The molecule has 16 heavy (non-hydrogen) atoms. The molecule has 1 saturated heterocycles. The zero-order chi connectivity index (χ0) is 11.5. The molecule has 2 N–H and O–H groups in total. The van der Waals surface area contributed by atoms with Crippen molar-refractivity contribution in [2.45, 2.75) is 26.1 Å². The molecule has 0 aromatic carbocycles. The number of rotatable bonds is 4. The van der Waals surface area contributed by atoms with E-state index in [1.165, 1.54) is 0 Å².